The van der Waals surface area contributed by atoms with E-state index in [9.17, 15) is 0 Å². The number of aryl methyl sites for hydroxylation is 1. The van der Waals surface area contributed by atoms with Gasteiger partial charge in [0.15, 0.2) is 0 Å². The lowest BCUT2D eigenvalue weighted by Gasteiger charge is -2.21. The van der Waals surface area contributed by atoms with Crippen LogP contribution in [0.1, 0.15) is 26.5 Å². The summed E-state index contributed by atoms with van der Waals surface area (Å²) in [5.41, 5.74) is 8.22. The summed E-state index contributed by atoms with van der Waals surface area (Å²) >= 11 is 0. The second kappa shape index (κ2) is 4.08. The summed E-state index contributed by atoms with van der Waals surface area (Å²) < 4.78 is 7.52. The lowest BCUT2D eigenvalue weighted by Crippen LogP contribution is -2.31. The van der Waals surface area contributed by atoms with Crippen molar-refractivity contribution in [1.82, 2.24) is 4.57 Å². The van der Waals surface area contributed by atoms with Crippen LogP contribution in [0.5, 0.6) is 5.75 Å². The van der Waals surface area contributed by atoms with Crippen molar-refractivity contribution in [2.75, 3.05) is 7.11 Å². The Labute approximate surface area is 102 Å². The van der Waals surface area contributed by atoms with Gasteiger partial charge in [-0.1, -0.05) is 0 Å². The number of fused-ring (bicyclic) bond motifs is 1. The molecule has 0 spiro atoms. The maximum Gasteiger partial charge on any atom is 0.120 e. The Morgan fingerprint density at radius 1 is 1.29 bits per heavy atom. The van der Waals surface area contributed by atoms with Crippen molar-refractivity contribution in [3.05, 3.63) is 30.0 Å². The fourth-order valence-electron chi connectivity index (χ4n) is 2.24. The minimum Gasteiger partial charge on any atom is -0.497 e. The molecule has 2 aromatic rings. The maximum absolute atomic E-state index is 6.22. The zero-order chi connectivity index (χ0) is 12.6. The first-order valence-corrected chi connectivity index (χ1v) is 5.94. The summed E-state index contributed by atoms with van der Waals surface area (Å²) in [5.74, 6) is 0.881. The minimum absolute atomic E-state index is 0.331. The molecule has 0 aliphatic carbocycles. The lowest BCUT2D eigenvalue weighted by atomic mass is 10.0. The van der Waals surface area contributed by atoms with Gasteiger partial charge in [0, 0.05) is 23.7 Å². The fraction of sp³-hybridized carbons (Fsp3) is 0.429. The van der Waals surface area contributed by atoms with Gasteiger partial charge < -0.3 is 15.0 Å². The molecule has 2 N–H and O–H groups in total. The van der Waals surface area contributed by atoms with Crippen molar-refractivity contribution >= 4 is 10.9 Å². The van der Waals surface area contributed by atoms with Crippen LogP contribution in [0.25, 0.3) is 10.9 Å². The van der Waals surface area contributed by atoms with Crippen LogP contribution in [0, 0.1) is 0 Å². The molecular weight excluding hydrogens is 212 g/mol. The van der Waals surface area contributed by atoms with Crippen LogP contribution in [0.4, 0.5) is 0 Å². The minimum atomic E-state index is -0.331. The van der Waals surface area contributed by atoms with E-state index in [2.05, 4.69) is 29.7 Å². The van der Waals surface area contributed by atoms with Crippen LogP contribution < -0.4 is 10.5 Å². The fourth-order valence-corrected chi connectivity index (χ4v) is 2.24. The number of methoxy groups -OCH3 is 1. The van der Waals surface area contributed by atoms with E-state index in [0.717, 1.165) is 18.0 Å². The molecule has 92 valence electrons. The van der Waals surface area contributed by atoms with Gasteiger partial charge in [0.05, 0.1) is 18.2 Å². The molecule has 0 aliphatic heterocycles. The first-order valence-electron chi connectivity index (χ1n) is 5.94. The predicted octanol–water partition coefficient (Wildman–Crippen LogP) is 2.86. The molecular formula is C14H20N2O. The number of hydrogen-bond donors (Lipinski definition) is 1. The topological polar surface area (TPSA) is 40.2 Å². The van der Waals surface area contributed by atoms with E-state index in [1.54, 1.807) is 7.11 Å². The van der Waals surface area contributed by atoms with Gasteiger partial charge >= 0.3 is 0 Å². The Kier molecular flexibility index (Phi) is 2.87. The van der Waals surface area contributed by atoms with Crippen molar-refractivity contribution in [2.45, 2.75) is 32.9 Å². The lowest BCUT2D eigenvalue weighted by molar-refractivity contribution is 0.415. The Balaban J connectivity index is 2.72. The van der Waals surface area contributed by atoms with Crippen LogP contribution in [-0.4, -0.2) is 11.7 Å². The SMILES string of the molecule is CCn1c(C(C)(C)N)cc2ccc(OC)cc21. The largest absolute Gasteiger partial charge is 0.497 e. The average molecular weight is 232 g/mol. The van der Waals surface area contributed by atoms with Gasteiger partial charge in [-0.2, -0.15) is 0 Å². The molecule has 0 unspecified atom stereocenters. The van der Waals surface area contributed by atoms with Crippen LogP contribution in [0.3, 0.4) is 0 Å². The van der Waals surface area contributed by atoms with Gasteiger partial charge in [0.1, 0.15) is 5.75 Å². The molecule has 2 rings (SSSR count). The third kappa shape index (κ3) is 2.03. The number of nitrogens with zero attached hydrogens (tertiary/aromatic N) is 1. The van der Waals surface area contributed by atoms with Gasteiger partial charge in [-0.25, -0.2) is 0 Å². The van der Waals surface area contributed by atoms with E-state index >= 15 is 0 Å². The zero-order valence-corrected chi connectivity index (χ0v) is 10.9. The molecule has 0 bridgehead atoms. The number of benzene rings is 1. The molecule has 1 heterocycles. The molecule has 0 saturated heterocycles. The molecule has 0 fully saturated rings. The third-order valence-electron chi connectivity index (χ3n) is 3.09. The van der Waals surface area contributed by atoms with Crippen molar-refractivity contribution in [3.8, 4) is 5.75 Å². The zero-order valence-electron chi connectivity index (χ0n) is 10.9. The van der Waals surface area contributed by atoms with Crippen LogP contribution >= 0.6 is 0 Å². The van der Waals surface area contributed by atoms with Crippen molar-refractivity contribution in [3.63, 3.8) is 0 Å². The average Bonchev–Trinajstić information content (AvgIpc) is 2.65. The van der Waals surface area contributed by atoms with E-state index < -0.39 is 0 Å². The first-order chi connectivity index (χ1) is 7.97. The van der Waals surface area contributed by atoms with Crippen molar-refractivity contribution < 1.29 is 4.74 Å². The number of hydrogen-bond acceptors (Lipinski definition) is 2. The highest BCUT2D eigenvalue weighted by Crippen LogP contribution is 2.29. The van der Waals surface area contributed by atoms with E-state index in [1.807, 2.05) is 19.9 Å². The van der Waals surface area contributed by atoms with E-state index in [1.165, 1.54) is 10.9 Å². The van der Waals surface area contributed by atoms with Gasteiger partial charge in [0.25, 0.3) is 0 Å². The van der Waals surface area contributed by atoms with E-state index in [4.69, 9.17) is 10.5 Å². The quantitative estimate of drug-likeness (QED) is 0.884. The third-order valence-corrected chi connectivity index (χ3v) is 3.09. The van der Waals surface area contributed by atoms with Crippen LogP contribution in [0.15, 0.2) is 24.3 Å². The predicted molar refractivity (Wildman–Crippen MR) is 71.4 cm³/mol. The summed E-state index contributed by atoms with van der Waals surface area (Å²) in [5, 5.41) is 1.21. The molecule has 3 heteroatoms. The maximum atomic E-state index is 6.22. The van der Waals surface area contributed by atoms with Gasteiger partial charge in [-0.3, -0.25) is 0 Å². The second-order valence-electron chi connectivity index (χ2n) is 4.92. The summed E-state index contributed by atoms with van der Waals surface area (Å²) in [6.45, 7) is 7.11. The highest BCUT2D eigenvalue weighted by molar-refractivity contribution is 5.83. The molecule has 0 radical (unpaired) electrons. The number of rotatable bonds is 3. The van der Waals surface area contributed by atoms with Crippen molar-refractivity contribution in [1.29, 1.82) is 0 Å². The standard InChI is InChI=1S/C14H20N2O/c1-5-16-12-9-11(17-4)7-6-10(12)8-13(16)14(2,3)15/h6-9H,5,15H2,1-4H3. The smallest absolute Gasteiger partial charge is 0.120 e. The normalized spacial score (nSPS) is 12.1. The molecule has 17 heavy (non-hydrogen) atoms. The molecule has 0 aliphatic rings. The van der Waals surface area contributed by atoms with Crippen LogP contribution in [0.2, 0.25) is 0 Å². The molecule has 0 amide bonds. The molecule has 0 atom stereocenters. The Morgan fingerprint density at radius 2 is 2.00 bits per heavy atom. The number of ether oxygens (including phenoxy) is 1. The highest BCUT2D eigenvalue weighted by Gasteiger charge is 2.20. The van der Waals surface area contributed by atoms with E-state index in [0.29, 0.717) is 0 Å². The van der Waals surface area contributed by atoms with E-state index in [-0.39, 0.29) is 5.54 Å². The Hall–Kier alpha value is -1.48. The summed E-state index contributed by atoms with van der Waals surface area (Å²) in [4.78, 5) is 0. The highest BCUT2D eigenvalue weighted by atomic mass is 16.5. The Morgan fingerprint density at radius 3 is 2.53 bits per heavy atom. The monoisotopic (exact) mass is 232 g/mol. The molecule has 1 aromatic heterocycles. The summed E-state index contributed by atoms with van der Waals surface area (Å²) in [6.07, 6.45) is 0. The summed E-state index contributed by atoms with van der Waals surface area (Å²) in [6, 6.07) is 8.29. The van der Waals surface area contributed by atoms with Gasteiger partial charge in [0.2, 0.25) is 0 Å². The van der Waals surface area contributed by atoms with Crippen LogP contribution in [-0.2, 0) is 12.1 Å². The number of nitrogens with two attached hydrogens (primary N) is 1. The van der Waals surface area contributed by atoms with Gasteiger partial charge in [-0.15, -0.1) is 0 Å². The van der Waals surface area contributed by atoms with Crippen molar-refractivity contribution in [2.24, 2.45) is 5.73 Å². The first kappa shape index (κ1) is 12.0. The Bertz CT molecular complexity index is 535. The summed E-state index contributed by atoms with van der Waals surface area (Å²) in [7, 11) is 1.69. The second-order valence-corrected chi connectivity index (χ2v) is 4.92. The molecule has 3 nitrogen and oxygen atoms in total. The number of aromatic nitrogens is 1. The molecule has 0 saturated carbocycles. The molecule has 1 aromatic carbocycles. The van der Waals surface area contributed by atoms with Gasteiger partial charge in [-0.05, 0) is 39.0 Å².